The molecule has 160 valence electrons. The van der Waals surface area contributed by atoms with Gasteiger partial charge < -0.3 is 15.4 Å². The zero-order valence-corrected chi connectivity index (χ0v) is 16.2. The Kier molecular flexibility index (Phi) is 5.50. The van der Waals surface area contributed by atoms with E-state index in [-0.39, 0.29) is 29.0 Å². The number of rotatable bonds is 6. The van der Waals surface area contributed by atoms with Crippen LogP contribution in [0.15, 0.2) is 54.7 Å². The Bertz CT molecular complexity index is 1130. The van der Waals surface area contributed by atoms with Crippen LogP contribution in [-0.4, -0.2) is 29.6 Å². The first-order valence-corrected chi connectivity index (χ1v) is 9.59. The van der Waals surface area contributed by atoms with Crippen LogP contribution in [0.4, 0.5) is 24.5 Å². The van der Waals surface area contributed by atoms with Gasteiger partial charge in [-0.1, -0.05) is 24.3 Å². The van der Waals surface area contributed by atoms with E-state index in [1.54, 1.807) is 12.1 Å². The van der Waals surface area contributed by atoms with E-state index < -0.39 is 18.7 Å². The van der Waals surface area contributed by atoms with E-state index in [4.69, 9.17) is 0 Å². The molecule has 2 N–H and O–H groups in total. The van der Waals surface area contributed by atoms with Crippen LogP contribution >= 0.6 is 0 Å². The molecule has 0 radical (unpaired) electrons. The lowest BCUT2D eigenvalue weighted by Crippen LogP contribution is -2.20. The summed E-state index contributed by atoms with van der Waals surface area (Å²) in [4.78, 5) is 29.0. The van der Waals surface area contributed by atoms with Crippen LogP contribution in [0.3, 0.4) is 0 Å². The van der Waals surface area contributed by atoms with E-state index in [2.05, 4.69) is 20.4 Å². The maximum atomic E-state index is 12.9. The number of hydrogen-bond acceptors (Lipinski definition) is 4. The van der Waals surface area contributed by atoms with Crippen molar-refractivity contribution in [1.29, 1.82) is 0 Å². The molecule has 31 heavy (non-hydrogen) atoms. The molecule has 6 nitrogen and oxygen atoms in total. The zero-order chi connectivity index (χ0) is 22.0. The predicted octanol–water partition coefficient (Wildman–Crippen LogP) is 4.78. The Morgan fingerprint density at radius 2 is 1.74 bits per heavy atom. The second kappa shape index (κ2) is 8.25. The first-order chi connectivity index (χ1) is 14.8. The molecular formula is C22H18F3N3O3. The molecule has 1 aliphatic rings. The molecule has 3 aromatic rings. The Morgan fingerprint density at radius 3 is 2.35 bits per heavy atom. The van der Waals surface area contributed by atoms with Crippen molar-refractivity contribution in [3.05, 3.63) is 60.3 Å². The number of carbonyl (C=O) groups is 2. The Balaban J connectivity index is 1.54. The smallest absolute Gasteiger partial charge is 0.422 e. The number of nitrogens with zero attached hydrogens (tertiary/aromatic N) is 1. The summed E-state index contributed by atoms with van der Waals surface area (Å²) in [6, 6.07) is 13.5. The monoisotopic (exact) mass is 429 g/mol. The van der Waals surface area contributed by atoms with Crippen molar-refractivity contribution < 1.29 is 27.5 Å². The number of ether oxygens (including phenoxy) is 1. The molecule has 0 atom stereocenters. The Morgan fingerprint density at radius 1 is 1.03 bits per heavy atom. The Hall–Kier alpha value is -3.62. The number of carbonyl (C=O) groups excluding carboxylic acids is 2. The van der Waals surface area contributed by atoms with Crippen molar-refractivity contribution in [2.75, 3.05) is 17.2 Å². The topological polar surface area (TPSA) is 80.3 Å². The summed E-state index contributed by atoms with van der Waals surface area (Å²) < 4.78 is 41.3. The van der Waals surface area contributed by atoms with Crippen molar-refractivity contribution in [1.82, 2.24) is 4.98 Å². The molecule has 0 unspecified atom stereocenters. The van der Waals surface area contributed by atoms with Gasteiger partial charge in [-0.05, 0) is 41.8 Å². The number of amides is 2. The number of hydrogen-bond donors (Lipinski definition) is 2. The van der Waals surface area contributed by atoms with Gasteiger partial charge in [-0.3, -0.25) is 9.59 Å². The number of pyridine rings is 1. The van der Waals surface area contributed by atoms with E-state index in [0.717, 1.165) is 23.6 Å². The number of aromatic nitrogens is 1. The molecule has 1 fully saturated rings. The van der Waals surface area contributed by atoms with E-state index in [9.17, 15) is 22.8 Å². The van der Waals surface area contributed by atoms with Gasteiger partial charge in [0.2, 0.25) is 11.8 Å². The predicted molar refractivity (Wildman–Crippen MR) is 109 cm³/mol. The van der Waals surface area contributed by atoms with E-state index >= 15 is 0 Å². The lowest BCUT2D eigenvalue weighted by atomic mass is 10.0. The maximum absolute atomic E-state index is 12.9. The number of anilines is 2. The summed E-state index contributed by atoms with van der Waals surface area (Å²) in [7, 11) is 0. The zero-order valence-electron chi connectivity index (χ0n) is 16.2. The van der Waals surface area contributed by atoms with Crippen molar-refractivity contribution >= 4 is 34.0 Å². The molecule has 2 aromatic carbocycles. The number of benzene rings is 2. The number of alkyl halides is 3. The molecule has 0 saturated heterocycles. The molecule has 1 aromatic heterocycles. The molecule has 1 saturated carbocycles. The molecule has 9 heteroatoms. The summed E-state index contributed by atoms with van der Waals surface area (Å²) in [5.74, 6) is -0.853. The first-order valence-electron chi connectivity index (χ1n) is 9.59. The van der Waals surface area contributed by atoms with Gasteiger partial charge in [0.15, 0.2) is 6.61 Å². The molecule has 0 spiro atoms. The highest BCUT2D eigenvalue weighted by atomic mass is 19.4. The average Bonchev–Trinajstić information content (AvgIpc) is 3.57. The minimum atomic E-state index is -4.47. The molecule has 0 bridgehead atoms. The standard InChI is InChI=1S/C22H18F3N3O3/c23-22(24,25)12-31-19-8-7-16(11-26-19)27-21(30)17-9-14-3-1-2-4-15(14)10-18(17)28-20(29)13-5-6-13/h1-4,7-11,13H,5-6,12H2,(H,27,30)(H,28,29). The van der Waals surface area contributed by atoms with Crippen LogP contribution in [0.25, 0.3) is 10.8 Å². The van der Waals surface area contributed by atoms with Gasteiger partial charge in [0.25, 0.3) is 5.91 Å². The highest BCUT2D eigenvalue weighted by molar-refractivity contribution is 6.13. The van der Waals surface area contributed by atoms with E-state index in [0.29, 0.717) is 5.69 Å². The molecule has 1 aliphatic carbocycles. The van der Waals surface area contributed by atoms with E-state index in [1.165, 1.54) is 18.3 Å². The average molecular weight is 429 g/mol. The Labute approximate surface area is 175 Å². The van der Waals surface area contributed by atoms with Gasteiger partial charge in [-0.2, -0.15) is 13.2 Å². The fraction of sp³-hybridized carbons (Fsp3) is 0.227. The fourth-order valence-corrected chi connectivity index (χ4v) is 3.01. The van der Waals surface area contributed by atoms with Crippen molar-refractivity contribution in [3.8, 4) is 5.88 Å². The summed E-state index contributed by atoms with van der Waals surface area (Å²) in [5, 5.41) is 7.18. The molecular weight excluding hydrogens is 411 g/mol. The summed E-state index contributed by atoms with van der Waals surface area (Å²) in [5.41, 5.74) is 0.938. The normalized spacial score (nSPS) is 13.6. The second-order valence-corrected chi connectivity index (χ2v) is 7.25. The van der Waals surface area contributed by atoms with Crippen LogP contribution in [-0.2, 0) is 4.79 Å². The third-order valence-electron chi connectivity index (χ3n) is 4.71. The summed E-state index contributed by atoms with van der Waals surface area (Å²) >= 11 is 0. The molecule has 4 rings (SSSR count). The second-order valence-electron chi connectivity index (χ2n) is 7.25. The SMILES string of the molecule is O=C(Nc1ccc(OCC(F)(F)F)nc1)c1cc2ccccc2cc1NC(=O)C1CC1. The van der Waals surface area contributed by atoms with Crippen LogP contribution in [0.5, 0.6) is 5.88 Å². The largest absolute Gasteiger partial charge is 0.468 e. The van der Waals surface area contributed by atoms with Gasteiger partial charge in [0.1, 0.15) is 0 Å². The fourth-order valence-electron chi connectivity index (χ4n) is 3.01. The first kappa shape index (κ1) is 20.6. The minimum absolute atomic E-state index is 0.0316. The van der Waals surface area contributed by atoms with Crippen LogP contribution < -0.4 is 15.4 Å². The van der Waals surface area contributed by atoms with Gasteiger partial charge in [-0.15, -0.1) is 0 Å². The molecule has 1 heterocycles. The highest BCUT2D eigenvalue weighted by Crippen LogP contribution is 2.32. The van der Waals surface area contributed by atoms with Crippen molar-refractivity contribution in [2.45, 2.75) is 19.0 Å². The number of halogens is 3. The number of fused-ring (bicyclic) bond motifs is 1. The quantitative estimate of drug-likeness (QED) is 0.591. The van der Waals surface area contributed by atoms with Gasteiger partial charge in [-0.25, -0.2) is 4.98 Å². The third kappa shape index (κ3) is 5.30. The lowest BCUT2D eigenvalue weighted by Gasteiger charge is -2.13. The lowest BCUT2D eigenvalue weighted by molar-refractivity contribution is -0.154. The molecule has 0 aliphatic heterocycles. The van der Waals surface area contributed by atoms with E-state index in [1.807, 2.05) is 24.3 Å². The van der Waals surface area contributed by atoms with Crippen LogP contribution in [0, 0.1) is 5.92 Å². The van der Waals surface area contributed by atoms with Crippen molar-refractivity contribution in [2.24, 2.45) is 5.92 Å². The third-order valence-corrected chi connectivity index (χ3v) is 4.71. The maximum Gasteiger partial charge on any atom is 0.422 e. The molecule has 2 amide bonds. The van der Waals surface area contributed by atoms with Crippen LogP contribution in [0.1, 0.15) is 23.2 Å². The van der Waals surface area contributed by atoms with Gasteiger partial charge >= 0.3 is 6.18 Å². The highest BCUT2D eigenvalue weighted by Gasteiger charge is 2.30. The van der Waals surface area contributed by atoms with Gasteiger partial charge in [0.05, 0.1) is 23.1 Å². The van der Waals surface area contributed by atoms with Crippen molar-refractivity contribution in [3.63, 3.8) is 0 Å². The number of nitrogens with one attached hydrogen (secondary N) is 2. The minimum Gasteiger partial charge on any atom is -0.468 e. The van der Waals surface area contributed by atoms with Crippen LogP contribution in [0.2, 0.25) is 0 Å². The summed E-state index contributed by atoms with van der Waals surface area (Å²) in [6.45, 7) is -1.45. The van der Waals surface area contributed by atoms with Gasteiger partial charge in [0, 0.05) is 12.0 Å². The summed E-state index contributed by atoms with van der Waals surface area (Å²) in [6.07, 6.45) is -1.61.